The third kappa shape index (κ3) is 3.23. The molecule has 0 aliphatic rings. The van der Waals surface area contributed by atoms with Crippen LogP contribution in [0.5, 0.6) is 0 Å². The molecule has 124 valence electrons. The molecular formula is C20H17N3OS. The topological polar surface area (TPSA) is 43.9 Å². The number of benzene rings is 2. The number of hydrogen-bond donors (Lipinski definition) is 0. The lowest BCUT2D eigenvalue weighted by atomic mass is 10.2. The van der Waals surface area contributed by atoms with Crippen LogP contribution in [0.25, 0.3) is 17.3 Å². The van der Waals surface area contributed by atoms with Crippen LogP contribution in [-0.4, -0.2) is 14.8 Å². The van der Waals surface area contributed by atoms with Crippen LogP contribution in [0.3, 0.4) is 0 Å². The normalized spacial score (nSPS) is 10.9. The molecule has 0 saturated carbocycles. The standard InChI is InChI=1S/C20H17N3OS/c1-15-8-5-6-11-17(15)23-19(18-12-7-13-24-18)21-22-20(23)25-14-16-9-3-2-4-10-16/h2-13H,14H2,1H3. The fourth-order valence-corrected chi connectivity index (χ4v) is 3.58. The number of nitrogens with zero attached hydrogens (tertiary/aromatic N) is 3. The Kier molecular flexibility index (Phi) is 4.39. The summed E-state index contributed by atoms with van der Waals surface area (Å²) in [6, 6.07) is 22.4. The zero-order valence-corrected chi connectivity index (χ0v) is 14.6. The highest BCUT2D eigenvalue weighted by Crippen LogP contribution is 2.31. The molecule has 0 fully saturated rings. The van der Waals surface area contributed by atoms with Crippen molar-refractivity contribution in [2.24, 2.45) is 0 Å². The summed E-state index contributed by atoms with van der Waals surface area (Å²) in [5, 5.41) is 9.66. The molecule has 0 bridgehead atoms. The van der Waals surface area contributed by atoms with Crippen LogP contribution >= 0.6 is 11.8 Å². The summed E-state index contributed by atoms with van der Waals surface area (Å²) in [6.45, 7) is 2.09. The molecule has 25 heavy (non-hydrogen) atoms. The number of rotatable bonds is 5. The molecule has 0 aliphatic carbocycles. The van der Waals surface area contributed by atoms with Gasteiger partial charge in [0.2, 0.25) is 5.82 Å². The van der Waals surface area contributed by atoms with Gasteiger partial charge in [0.15, 0.2) is 10.9 Å². The molecule has 4 rings (SSSR count). The smallest absolute Gasteiger partial charge is 0.205 e. The van der Waals surface area contributed by atoms with Gasteiger partial charge in [-0.1, -0.05) is 60.3 Å². The van der Waals surface area contributed by atoms with Crippen LogP contribution in [0.2, 0.25) is 0 Å². The molecule has 4 nitrogen and oxygen atoms in total. The van der Waals surface area contributed by atoms with Crippen LogP contribution < -0.4 is 0 Å². The summed E-state index contributed by atoms with van der Waals surface area (Å²) in [4.78, 5) is 0. The Hall–Kier alpha value is -2.79. The minimum absolute atomic E-state index is 0.710. The van der Waals surface area contributed by atoms with E-state index in [1.165, 1.54) is 5.56 Å². The Labute approximate surface area is 150 Å². The quantitative estimate of drug-likeness (QED) is 0.470. The summed E-state index contributed by atoms with van der Waals surface area (Å²) in [6.07, 6.45) is 1.66. The molecule has 2 aromatic carbocycles. The second-order valence-electron chi connectivity index (χ2n) is 5.68. The molecule has 0 N–H and O–H groups in total. The van der Waals surface area contributed by atoms with E-state index < -0.39 is 0 Å². The van der Waals surface area contributed by atoms with E-state index in [1.807, 2.05) is 30.3 Å². The molecule has 0 spiro atoms. The van der Waals surface area contributed by atoms with Crippen LogP contribution in [0, 0.1) is 6.92 Å². The van der Waals surface area contributed by atoms with Gasteiger partial charge in [-0.2, -0.15) is 0 Å². The average Bonchev–Trinajstić information content (AvgIpc) is 3.31. The van der Waals surface area contributed by atoms with Gasteiger partial charge in [0.1, 0.15) is 0 Å². The Morgan fingerprint density at radius 2 is 1.72 bits per heavy atom. The highest BCUT2D eigenvalue weighted by Gasteiger charge is 2.19. The largest absolute Gasteiger partial charge is 0.461 e. The Balaban J connectivity index is 1.76. The first-order chi connectivity index (χ1) is 12.3. The highest BCUT2D eigenvalue weighted by molar-refractivity contribution is 7.98. The van der Waals surface area contributed by atoms with E-state index in [1.54, 1.807) is 18.0 Å². The molecule has 4 aromatic rings. The van der Waals surface area contributed by atoms with Gasteiger partial charge in [-0.15, -0.1) is 10.2 Å². The van der Waals surface area contributed by atoms with Crippen molar-refractivity contribution in [1.82, 2.24) is 14.8 Å². The number of hydrogen-bond acceptors (Lipinski definition) is 4. The van der Waals surface area contributed by atoms with E-state index in [-0.39, 0.29) is 0 Å². The van der Waals surface area contributed by atoms with Crippen molar-refractivity contribution in [2.45, 2.75) is 17.8 Å². The second kappa shape index (κ2) is 6.99. The van der Waals surface area contributed by atoms with Crippen LogP contribution in [0.1, 0.15) is 11.1 Å². The Morgan fingerprint density at radius 1 is 0.920 bits per heavy atom. The zero-order chi connectivity index (χ0) is 17.1. The predicted molar refractivity (Wildman–Crippen MR) is 99.8 cm³/mol. The monoisotopic (exact) mass is 347 g/mol. The molecule has 2 heterocycles. The van der Waals surface area contributed by atoms with E-state index >= 15 is 0 Å². The van der Waals surface area contributed by atoms with Crippen LogP contribution in [-0.2, 0) is 5.75 Å². The van der Waals surface area contributed by atoms with Gasteiger partial charge in [0, 0.05) is 5.75 Å². The van der Waals surface area contributed by atoms with Crippen molar-refractivity contribution in [1.29, 1.82) is 0 Å². The first-order valence-corrected chi connectivity index (χ1v) is 9.03. The first kappa shape index (κ1) is 15.7. The molecule has 0 saturated heterocycles. The highest BCUT2D eigenvalue weighted by atomic mass is 32.2. The van der Waals surface area contributed by atoms with E-state index in [0.29, 0.717) is 5.76 Å². The number of para-hydroxylation sites is 1. The second-order valence-corrected chi connectivity index (χ2v) is 6.62. The third-order valence-corrected chi connectivity index (χ3v) is 4.94. The van der Waals surface area contributed by atoms with E-state index in [2.05, 4.69) is 58.1 Å². The third-order valence-electron chi connectivity index (χ3n) is 3.94. The maximum absolute atomic E-state index is 5.57. The number of aromatic nitrogens is 3. The lowest BCUT2D eigenvalue weighted by Gasteiger charge is -2.11. The molecule has 0 radical (unpaired) electrons. The van der Waals surface area contributed by atoms with Gasteiger partial charge in [0.25, 0.3) is 0 Å². The first-order valence-electron chi connectivity index (χ1n) is 8.05. The van der Waals surface area contributed by atoms with Gasteiger partial charge in [-0.25, -0.2) is 0 Å². The number of aryl methyl sites for hydroxylation is 1. The maximum atomic E-state index is 5.57. The molecule has 0 unspecified atom stereocenters. The summed E-state index contributed by atoms with van der Waals surface area (Å²) < 4.78 is 7.64. The van der Waals surface area contributed by atoms with Crippen molar-refractivity contribution in [3.05, 3.63) is 84.1 Å². The molecular weight excluding hydrogens is 330 g/mol. The Bertz CT molecular complexity index is 962. The zero-order valence-electron chi connectivity index (χ0n) is 13.8. The van der Waals surface area contributed by atoms with Crippen LogP contribution in [0.4, 0.5) is 0 Å². The van der Waals surface area contributed by atoms with Gasteiger partial charge >= 0.3 is 0 Å². The molecule has 0 amide bonds. The van der Waals surface area contributed by atoms with Crippen molar-refractivity contribution in [3.8, 4) is 17.3 Å². The minimum Gasteiger partial charge on any atom is -0.461 e. The van der Waals surface area contributed by atoms with Crippen molar-refractivity contribution in [2.75, 3.05) is 0 Å². The fourth-order valence-electron chi connectivity index (χ4n) is 2.68. The molecule has 2 aromatic heterocycles. The minimum atomic E-state index is 0.710. The van der Waals surface area contributed by atoms with Crippen LogP contribution in [0.15, 0.2) is 82.6 Å². The van der Waals surface area contributed by atoms with Crippen molar-refractivity contribution < 1.29 is 4.42 Å². The van der Waals surface area contributed by atoms with Gasteiger partial charge < -0.3 is 4.42 Å². The average molecular weight is 347 g/mol. The van der Waals surface area contributed by atoms with E-state index in [4.69, 9.17) is 4.42 Å². The van der Waals surface area contributed by atoms with Gasteiger partial charge in [-0.05, 0) is 36.2 Å². The maximum Gasteiger partial charge on any atom is 0.205 e. The van der Waals surface area contributed by atoms with Gasteiger partial charge in [-0.3, -0.25) is 4.57 Å². The summed E-state index contributed by atoms with van der Waals surface area (Å²) in [7, 11) is 0. The van der Waals surface area contributed by atoms with E-state index in [9.17, 15) is 0 Å². The number of thioether (sulfide) groups is 1. The van der Waals surface area contributed by atoms with Crippen molar-refractivity contribution in [3.63, 3.8) is 0 Å². The lowest BCUT2D eigenvalue weighted by molar-refractivity contribution is 0.575. The van der Waals surface area contributed by atoms with E-state index in [0.717, 1.165) is 28.0 Å². The Morgan fingerprint density at radius 3 is 2.48 bits per heavy atom. The summed E-state index contributed by atoms with van der Waals surface area (Å²) >= 11 is 1.67. The summed E-state index contributed by atoms with van der Waals surface area (Å²) in [5.41, 5.74) is 3.48. The lowest BCUT2D eigenvalue weighted by Crippen LogP contribution is -2.01. The molecule has 0 atom stereocenters. The SMILES string of the molecule is Cc1ccccc1-n1c(SCc2ccccc2)nnc1-c1ccco1. The molecule has 5 heteroatoms. The summed E-state index contributed by atoms with van der Waals surface area (Å²) in [5.74, 6) is 2.26. The van der Waals surface area contributed by atoms with Gasteiger partial charge in [0.05, 0.1) is 12.0 Å². The fraction of sp³-hybridized carbons (Fsp3) is 0.100. The predicted octanol–water partition coefficient (Wildman–Crippen LogP) is 5.13. The number of furan rings is 1. The van der Waals surface area contributed by atoms with Crippen molar-refractivity contribution >= 4 is 11.8 Å². The molecule has 0 aliphatic heterocycles.